The van der Waals surface area contributed by atoms with E-state index in [9.17, 15) is 24.0 Å². The molecule has 0 atom stereocenters. The molecule has 1 fully saturated rings. The van der Waals surface area contributed by atoms with E-state index in [0.717, 1.165) is 6.08 Å². The number of nitrogens with one attached hydrogen (secondary N) is 2. The zero-order valence-electron chi connectivity index (χ0n) is 18.6. The number of carbonyl (C=O) groups is 5. The molecule has 1 aliphatic heterocycles. The third-order valence-electron chi connectivity index (χ3n) is 5.66. The van der Waals surface area contributed by atoms with E-state index < -0.39 is 23.6 Å². The van der Waals surface area contributed by atoms with Crippen LogP contribution in [0.15, 0.2) is 66.9 Å². The first-order valence-electron chi connectivity index (χ1n) is 10.8. The van der Waals surface area contributed by atoms with Crippen LogP contribution in [0.5, 0.6) is 0 Å². The van der Waals surface area contributed by atoms with Crippen LogP contribution in [0.25, 0.3) is 10.9 Å². The predicted molar refractivity (Wildman–Crippen MR) is 127 cm³/mol. The number of hydrogen-bond donors (Lipinski definition) is 3. The SMILES string of the molecule is O=C(O)/C=C/C(=O)Nc1cccc2c(C(=O)C(=O)N3CCN(C(=O)c4ccccc4)CC3)c[nH]c12. The summed E-state index contributed by atoms with van der Waals surface area (Å²) < 4.78 is 0. The average Bonchev–Trinajstić information content (AvgIpc) is 3.32. The monoisotopic (exact) mass is 474 g/mol. The Balaban J connectivity index is 1.44. The van der Waals surface area contributed by atoms with Gasteiger partial charge < -0.3 is 25.2 Å². The smallest absolute Gasteiger partial charge is 0.328 e. The number of aromatic nitrogens is 1. The molecule has 0 bridgehead atoms. The Morgan fingerprint density at radius 3 is 2.23 bits per heavy atom. The molecule has 35 heavy (non-hydrogen) atoms. The van der Waals surface area contributed by atoms with Crippen LogP contribution in [0, 0.1) is 0 Å². The number of amides is 3. The van der Waals surface area contributed by atoms with Crippen molar-refractivity contribution < 1.29 is 29.1 Å². The van der Waals surface area contributed by atoms with Gasteiger partial charge in [-0.05, 0) is 18.2 Å². The van der Waals surface area contributed by atoms with Gasteiger partial charge in [-0.1, -0.05) is 30.3 Å². The molecule has 1 aromatic heterocycles. The van der Waals surface area contributed by atoms with Gasteiger partial charge in [-0.2, -0.15) is 0 Å². The molecule has 10 heteroatoms. The standard InChI is InChI=1S/C25H22N4O6/c30-20(9-10-21(31)32)27-19-8-4-7-17-18(15-26-22(17)19)23(33)25(35)29-13-11-28(12-14-29)24(34)16-5-2-1-3-6-16/h1-10,15,26H,11-14H2,(H,27,30)(H,31,32)/b10-9+. The van der Waals surface area contributed by atoms with E-state index in [1.165, 1.54) is 11.1 Å². The Hall–Kier alpha value is -4.73. The van der Waals surface area contributed by atoms with E-state index in [1.54, 1.807) is 47.4 Å². The zero-order chi connectivity index (χ0) is 24.9. The van der Waals surface area contributed by atoms with Crippen LogP contribution in [0.3, 0.4) is 0 Å². The summed E-state index contributed by atoms with van der Waals surface area (Å²) in [5.41, 5.74) is 1.49. The minimum absolute atomic E-state index is 0.117. The van der Waals surface area contributed by atoms with Gasteiger partial charge in [-0.25, -0.2) is 4.79 Å². The van der Waals surface area contributed by atoms with Gasteiger partial charge in [0, 0.05) is 55.5 Å². The van der Waals surface area contributed by atoms with Crippen LogP contribution < -0.4 is 5.32 Å². The van der Waals surface area contributed by atoms with Crippen LogP contribution in [-0.2, 0) is 14.4 Å². The molecule has 0 spiro atoms. The van der Waals surface area contributed by atoms with Crippen LogP contribution in [0.1, 0.15) is 20.7 Å². The van der Waals surface area contributed by atoms with E-state index in [-0.39, 0.29) is 24.6 Å². The number of hydrogen-bond acceptors (Lipinski definition) is 5. The molecule has 2 heterocycles. The number of benzene rings is 2. The first-order valence-corrected chi connectivity index (χ1v) is 10.8. The maximum atomic E-state index is 13.0. The summed E-state index contributed by atoms with van der Waals surface area (Å²) in [5, 5.41) is 11.6. The summed E-state index contributed by atoms with van der Waals surface area (Å²) in [4.78, 5) is 67.1. The largest absolute Gasteiger partial charge is 0.478 e. The van der Waals surface area contributed by atoms with Crippen molar-refractivity contribution in [3.05, 3.63) is 78.0 Å². The normalized spacial score (nSPS) is 13.7. The molecule has 0 saturated carbocycles. The highest BCUT2D eigenvalue weighted by molar-refractivity contribution is 6.45. The number of carboxylic acids is 1. The lowest BCUT2D eigenvalue weighted by Gasteiger charge is -2.34. The number of anilines is 1. The molecule has 3 aromatic rings. The topological polar surface area (TPSA) is 140 Å². The van der Waals surface area contributed by atoms with Crippen molar-refractivity contribution in [2.75, 3.05) is 31.5 Å². The molecule has 0 radical (unpaired) electrons. The molecular weight excluding hydrogens is 452 g/mol. The number of rotatable bonds is 6. The maximum Gasteiger partial charge on any atom is 0.328 e. The minimum Gasteiger partial charge on any atom is -0.478 e. The highest BCUT2D eigenvalue weighted by Gasteiger charge is 2.30. The van der Waals surface area contributed by atoms with Gasteiger partial charge >= 0.3 is 5.97 Å². The van der Waals surface area contributed by atoms with Crippen molar-refractivity contribution in [1.82, 2.24) is 14.8 Å². The molecular formula is C25H22N4O6. The molecule has 1 saturated heterocycles. The van der Waals surface area contributed by atoms with Gasteiger partial charge in [0.15, 0.2) is 0 Å². The summed E-state index contributed by atoms with van der Waals surface area (Å²) in [6.45, 7) is 1.12. The maximum absolute atomic E-state index is 13.0. The zero-order valence-corrected chi connectivity index (χ0v) is 18.6. The number of aromatic amines is 1. The van der Waals surface area contributed by atoms with Crippen LogP contribution in [-0.4, -0.2) is 75.5 Å². The number of nitrogens with zero attached hydrogens (tertiary/aromatic N) is 2. The quantitative estimate of drug-likeness (QED) is 0.283. The van der Waals surface area contributed by atoms with E-state index in [1.807, 2.05) is 6.07 Å². The Bertz CT molecular complexity index is 1340. The number of H-pyrrole nitrogens is 1. The predicted octanol–water partition coefficient (Wildman–Crippen LogP) is 1.91. The molecule has 1 aliphatic rings. The van der Waals surface area contributed by atoms with Crippen LogP contribution in [0.2, 0.25) is 0 Å². The second-order valence-corrected chi connectivity index (χ2v) is 7.87. The van der Waals surface area contributed by atoms with Crippen molar-refractivity contribution in [2.45, 2.75) is 0 Å². The number of carboxylic acid groups (broad SMARTS) is 1. The van der Waals surface area contributed by atoms with Crippen molar-refractivity contribution in [2.24, 2.45) is 0 Å². The number of piperazine rings is 1. The highest BCUT2D eigenvalue weighted by Crippen LogP contribution is 2.26. The number of Topliss-reactive ketones (excluding diaryl/α,β-unsaturated/α-hetero) is 1. The summed E-state index contributed by atoms with van der Waals surface area (Å²) in [6.07, 6.45) is 3.00. The summed E-state index contributed by atoms with van der Waals surface area (Å²) in [5.74, 6) is -3.39. The average molecular weight is 474 g/mol. The Morgan fingerprint density at radius 1 is 0.857 bits per heavy atom. The number of fused-ring (bicyclic) bond motifs is 1. The van der Waals surface area contributed by atoms with Gasteiger partial charge in [0.2, 0.25) is 5.91 Å². The molecule has 3 amide bonds. The molecule has 3 N–H and O–H groups in total. The second kappa shape index (κ2) is 10.0. The van der Waals surface area contributed by atoms with Crippen molar-refractivity contribution in [1.29, 1.82) is 0 Å². The van der Waals surface area contributed by atoms with Crippen molar-refractivity contribution in [3.8, 4) is 0 Å². The van der Waals surface area contributed by atoms with Gasteiger partial charge in [0.1, 0.15) is 0 Å². The fourth-order valence-electron chi connectivity index (χ4n) is 3.90. The molecule has 10 nitrogen and oxygen atoms in total. The lowest BCUT2D eigenvalue weighted by atomic mass is 10.1. The fourth-order valence-corrected chi connectivity index (χ4v) is 3.90. The first-order chi connectivity index (χ1) is 16.8. The van der Waals surface area contributed by atoms with Gasteiger partial charge in [0.25, 0.3) is 17.6 Å². The van der Waals surface area contributed by atoms with E-state index in [4.69, 9.17) is 5.11 Å². The number of para-hydroxylation sites is 1. The fraction of sp³-hybridized carbons (Fsp3) is 0.160. The van der Waals surface area contributed by atoms with E-state index >= 15 is 0 Å². The Labute approximate surface area is 199 Å². The highest BCUT2D eigenvalue weighted by atomic mass is 16.4. The van der Waals surface area contributed by atoms with Crippen molar-refractivity contribution in [3.63, 3.8) is 0 Å². The van der Waals surface area contributed by atoms with Crippen LogP contribution >= 0.6 is 0 Å². The lowest BCUT2D eigenvalue weighted by molar-refractivity contribution is -0.131. The molecule has 0 unspecified atom stereocenters. The summed E-state index contributed by atoms with van der Waals surface area (Å²) >= 11 is 0. The lowest BCUT2D eigenvalue weighted by Crippen LogP contribution is -2.52. The molecule has 2 aromatic carbocycles. The van der Waals surface area contributed by atoms with E-state index in [0.29, 0.717) is 41.3 Å². The third kappa shape index (κ3) is 5.11. The molecule has 0 aliphatic carbocycles. The third-order valence-corrected chi connectivity index (χ3v) is 5.66. The van der Waals surface area contributed by atoms with Gasteiger partial charge in [0.05, 0.1) is 16.8 Å². The number of aliphatic carboxylic acids is 1. The molecule has 4 rings (SSSR count). The van der Waals surface area contributed by atoms with Crippen molar-refractivity contribution >= 4 is 46.1 Å². The van der Waals surface area contributed by atoms with Gasteiger partial charge in [-0.3, -0.25) is 19.2 Å². The summed E-state index contributed by atoms with van der Waals surface area (Å²) in [6, 6.07) is 13.7. The van der Waals surface area contributed by atoms with Gasteiger partial charge in [-0.15, -0.1) is 0 Å². The second-order valence-electron chi connectivity index (χ2n) is 7.87. The first kappa shape index (κ1) is 23.4. The molecule has 178 valence electrons. The number of carbonyl (C=O) groups excluding carboxylic acids is 4. The van der Waals surface area contributed by atoms with E-state index in [2.05, 4.69) is 10.3 Å². The Morgan fingerprint density at radius 2 is 1.54 bits per heavy atom. The Kier molecular flexibility index (Phi) is 6.72. The number of ketones is 1. The minimum atomic E-state index is -1.25. The summed E-state index contributed by atoms with van der Waals surface area (Å²) in [7, 11) is 0. The van der Waals surface area contributed by atoms with Crippen LogP contribution in [0.4, 0.5) is 5.69 Å².